The Kier molecular flexibility index (Phi) is 6.52. The lowest BCUT2D eigenvalue weighted by Gasteiger charge is -2.29. The van der Waals surface area contributed by atoms with Gasteiger partial charge in [0.1, 0.15) is 0 Å². The van der Waals surface area contributed by atoms with Crippen molar-refractivity contribution in [3.8, 4) is 0 Å². The number of benzene rings is 2. The van der Waals surface area contributed by atoms with E-state index in [1.807, 2.05) is 44.2 Å². The van der Waals surface area contributed by atoms with Gasteiger partial charge in [-0.15, -0.1) is 0 Å². The number of carbonyl (C=O) groups excluding carboxylic acids is 2. The van der Waals surface area contributed by atoms with Crippen LogP contribution in [0.25, 0.3) is 5.57 Å². The summed E-state index contributed by atoms with van der Waals surface area (Å²) in [5, 5.41) is 0. The van der Waals surface area contributed by atoms with Crippen molar-refractivity contribution in [2.24, 2.45) is 5.92 Å². The van der Waals surface area contributed by atoms with Gasteiger partial charge in [0.2, 0.25) is 6.23 Å². The minimum atomic E-state index is -0.621. The van der Waals surface area contributed by atoms with Crippen molar-refractivity contribution in [2.75, 3.05) is 26.2 Å². The fourth-order valence-electron chi connectivity index (χ4n) is 4.22. The van der Waals surface area contributed by atoms with E-state index in [1.54, 1.807) is 4.90 Å². The topological polar surface area (TPSA) is 49.9 Å². The van der Waals surface area contributed by atoms with Gasteiger partial charge in [0, 0.05) is 37.3 Å². The highest BCUT2D eigenvalue weighted by Crippen LogP contribution is 2.35. The lowest BCUT2D eigenvalue weighted by atomic mass is 9.99. The fourth-order valence-corrected chi connectivity index (χ4v) is 4.22. The van der Waals surface area contributed by atoms with Crippen LogP contribution in [0.3, 0.4) is 0 Å². The molecular formula is C26H30N2O3. The molecule has 1 atom stereocenters. The lowest BCUT2D eigenvalue weighted by molar-refractivity contribution is -0.160. The molecule has 2 heterocycles. The Morgan fingerprint density at radius 1 is 1.06 bits per heavy atom. The number of hydrogen-bond acceptors (Lipinski definition) is 4. The number of esters is 1. The SMILES string of the molecule is CC(C)C(=O)OC1c2ccccc2C(=O)N1CCCN1CC=C(c2ccccc2)CC1. The van der Waals surface area contributed by atoms with Crippen molar-refractivity contribution in [3.63, 3.8) is 0 Å². The molecule has 0 radical (unpaired) electrons. The van der Waals surface area contributed by atoms with E-state index in [4.69, 9.17) is 4.74 Å². The van der Waals surface area contributed by atoms with Crippen molar-refractivity contribution < 1.29 is 14.3 Å². The van der Waals surface area contributed by atoms with E-state index in [0.717, 1.165) is 38.0 Å². The van der Waals surface area contributed by atoms with Crippen molar-refractivity contribution in [2.45, 2.75) is 32.9 Å². The Bertz CT molecular complexity index is 968. The van der Waals surface area contributed by atoms with Crippen LogP contribution in [0.1, 0.15) is 54.4 Å². The number of fused-ring (bicyclic) bond motifs is 1. The fraction of sp³-hybridized carbons (Fsp3) is 0.385. The number of carbonyl (C=O) groups is 2. The van der Waals surface area contributed by atoms with Gasteiger partial charge in [-0.2, -0.15) is 0 Å². The highest BCUT2D eigenvalue weighted by Gasteiger charge is 2.39. The molecule has 5 nitrogen and oxygen atoms in total. The first-order valence-corrected chi connectivity index (χ1v) is 11.1. The summed E-state index contributed by atoms with van der Waals surface area (Å²) in [5.41, 5.74) is 4.13. The summed E-state index contributed by atoms with van der Waals surface area (Å²) in [6.45, 7) is 7.02. The number of hydrogen-bond donors (Lipinski definition) is 0. The van der Waals surface area contributed by atoms with Crippen LogP contribution in [0.15, 0.2) is 60.7 Å². The van der Waals surface area contributed by atoms with Crippen LogP contribution >= 0.6 is 0 Å². The molecule has 162 valence electrons. The van der Waals surface area contributed by atoms with Gasteiger partial charge in [-0.05, 0) is 30.0 Å². The molecule has 0 saturated heterocycles. The van der Waals surface area contributed by atoms with Gasteiger partial charge in [0.05, 0.1) is 5.92 Å². The maximum atomic E-state index is 13.0. The van der Waals surface area contributed by atoms with Gasteiger partial charge in [0.25, 0.3) is 5.91 Å². The quantitative estimate of drug-likeness (QED) is 0.621. The molecule has 5 heteroatoms. The van der Waals surface area contributed by atoms with E-state index in [9.17, 15) is 9.59 Å². The van der Waals surface area contributed by atoms with Crippen molar-refractivity contribution >= 4 is 17.4 Å². The molecule has 0 fully saturated rings. The third-order valence-electron chi connectivity index (χ3n) is 6.01. The maximum absolute atomic E-state index is 13.0. The van der Waals surface area contributed by atoms with Crippen molar-refractivity contribution in [1.82, 2.24) is 9.80 Å². The van der Waals surface area contributed by atoms with E-state index in [2.05, 4.69) is 35.2 Å². The summed E-state index contributed by atoms with van der Waals surface area (Å²) in [6.07, 6.45) is 3.56. The van der Waals surface area contributed by atoms with Gasteiger partial charge in [-0.25, -0.2) is 0 Å². The summed E-state index contributed by atoms with van der Waals surface area (Å²) in [7, 11) is 0. The van der Waals surface area contributed by atoms with Gasteiger partial charge in [-0.3, -0.25) is 19.4 Å². The first-order valence-electron chi connectivity index (χ1n) is 11.1. The van der Waals surface area contributed by atoms with Crippen LogP contribution in [0.2, 0.25) is 0 Å². The molecule has 31 heavy (non-hydrogen) atoms. The van der Waals surface area contributed by atoms with E-state index >= 15 is 0 Å². The summed E-state index contributed by atoms with van der Waals surface area (Å²) in [6, 6.07) is 18.0. The zero-order chi connectivity index (χ0) is 21.8. The van der Waals surface area contributed by atoms with Crippen molar-refractivity contribution in [3.05, 3.63) is 77.4 Å². The molecule has 2 aromatic carbocycles. The molecule has 2 aliphatic rings. The molecule has 1 amide bonds. The largest absolute Gasteiger partial charge is 0.437 e. The molecule has 4 rings (SSSR count). The van der Waals surface area contributed by atoms with Crippen LogP contribution in [-0.4, -0.2) is 47.9 Å². The number of amides is 1. The Labute approximate surface area is 184 Å². The summed E-state index contributed by atoms with van der Waals surface area (Å²) >= 11 is 0. The van der Waals surface area contributed by atoms with E-state index in [1.165, 1.54) is 11.1 Å². The van der Waals surface area contributed by atoms with Crippen LogP contribution in [0.5, 0.6) is 0 Å². The minimum absolute atomic E-state index is 0.0536. The molecule has 1 unspecified atom stereocenters. The second-order valence-electron chi connectivity index (χ2n) is 8.53. The zero-order valence-corrected chi connectivity index (χ0v) is 18.3. The molecule has 0 N–H and O–H groups in total. The Hall–Kier alpha value is -2.92. The summed E-state index contributed by atoms with van der Waals surface area (Å²) in [4.78, 5) is 29.3. The number of rotatable bonds is 7. The van der Waals surface area contributed by atoms with E-state index < -0.39 is 6.23 Å². The van der Waals surface area contributed by atoms with Crippen LogP contribution in [0.4, 0.5) is 0 Å². The molecule has 2 aliphatic heterocycles. The van der Waals surface area contributed by atoms with Gasteiger partial charge < -0.3 is 4.74 Å². The second kappa shape index (κ2) is 9.48. The molecule has 2 aromatic rings. The first kappa shape index (κ1) is 21.3. The number of nitrogens with zero attached hydrogens (tertiary/aromatic N) is 2. The Morgan fingerprint density at radius 2 is 1.81 bits per heavy atom. The highest BCUT2D eigenvalue weighted by atomic mass is 16.6. The predicted molar refractivity (Wildman–Crippen MR) is 121 cm³/mol. The summed E-state index contributed by atoms with van der Waals surface area (Å²) in [5.74, 6) is -0.570. The third-order valence-corrected chi connectivity index (χ3v) is 6.01. The average molecular weight is 419 g/mol. The van der Waals surface area contributed by atoms with Gasteiger partial charge in [0.15, 0.2) is 0 Å². The molecule has 0 spiro atoms. The molecule has 0 aromatic heterocycles. The van der Waals surface area contributed by atoms with Crippen LogP contribution < -0.4 is 0 Å². The Morgan fingerprint density at radius 3 is 2.52 bits per heavy atom. The zero-order valence-electron chi connectivity index (χ0n) is 18.3. The van der Waals surface area contributed by atoms with Gasteiger partial charge >= 0.3 is 5.97 Å². The average Bonchev–Trinajstić information content (AvgIpc) is 3.06. The van der Waals surface area contributed by atoms with E-state index in [0.29, 0.717) is 12.1 Å². The normalized spacial score (nSPS) is 18.8. The lowest BCUT2D eigenvalue weighted by Crippen LogP contribution is -2.36. The smallest absolute Gasteiger partial charge is 0.310 e. The minimum Gasteiger partial charge on any atom is -0.437 e. The third kappa shape index (κ3) is 4.72. The first-order chi connectivity index (χ1) is 15.0. The van der Waals surface area contributed by atoms with Crippen LogP contribution in [-0.2, 0) is 9.53 Å². The summed E-state index contributed by atoms with van der Waals surface area (Å²) < 4.78 is 5.73. The number of ether oxygens (including phenoxy) is 1. The van der Waals surface area contributed by atoms with Gasteiger partial charge in [-0.1, -0.05) is 68.5 Å². The van der Waals surface area contributed by atoms with E-state index in [-0.39, 0.29) is 17.8 Å². The van der Waals surface area contributed by atoms with Crippen molar-refractivity contribution in [1.29, 1.82) is 0 Å². The highest BCUT2D eigenvalue weighted by molar-refractivity contribution is 5.99. The monoisotopic (exact) mass is 418 g/mol. The Balaban J connectivity index is 1.36. The predicted octanol–water partition coefficient (Wildman–Crippen LogP) is 4.52. The standard InChI is InChI=1S/C26H30N2O3/c1-19(2)26(30)31-25-23-12-7-6-11-22(23)24(29)28(25)16-8-15-27-17-13-21(14-18-27)20-9-4-3-5-10-20/h3-7,9-13,19,25H,8,14-18H2,1-2H3. The molecule has 0 saturated carbocycles. The maximum Gasteiger partial charge on any atom is 0.310 e. The second-order valence-corrected chi connectivity index (χ2v) is 8.53. The molecule has 0 aliphatic carbocycles. The molecule has 0 bridgehead atoms. The molecular weight excluding hydrogens is 388 g/mol. The van der Waals surface area contributed by atoms with Crippen LogP contribution in [0, 0.1) is 5.92 Å².